The summed E-state index contributed by atoms with van der Waals surface area (Å²) in [6.07, 6.45) is 0. The fraction of sp³-hybridized carbons (Fsp3) is 1.00. The molecule has 7 heteroatoms. The number of nitrogens with one attached hydrogen (secondary N) is 1. The van der Waals surface area contributed by atoms with Gasteiger partial charge in [0.1, 0.15) is 0 Å². The molecule has 0 aliphatic heterocycles. The van der Waals surface area contributed by atoms with Gasteiger partial charge in [0.05, 0.1) is 0 Å². The third-order valence-electron chi connectivity index (χ3n) is 1.84. The van der Waals surface area contributed by atoms with Crippen molar-refractivity contribution in [2.45, 2.75) is 51.8 Å². The van der Waals surface area contributed by atoms with Crippen LogP contribution in [0.1, 0.15) is 0 Å². The molecule has 4 nitrogen and oxygen atoms in total. The topological polar surface area (TPSA) is 40.0 Å². The van der Waals surface area contributed by atoms with E-state index in [0.717, 1.165) is 0 Å². The molecule has 0 spiro atoms. The van der Waals surface area contributed by atoms with E-state index in [4.69, 9.17) is 0 Å². The number of rotatable bonds is 5. The molecule has 0 aromatic rings. The van der Waals surface area contributed by atoms with E-state index in [1.807, 2.05) is 0 Å². The van der Waals surface area contributed by atoms with E-state index in [9.17, 15) is 0 Å². The van der Waals surface area contributed by atoms with E-state index in [1.54, 1.807) is 0 Å². The van der Waals surface area contributed by atoms with Gasteiger partial charge in [-0.3, -0.25) is 0 Å². The standard InChI is InChI=1S/C9H28Ge3N4/c1-10(2,3)13-14-15-16(11(4,5)6)12(7,8)9/h1-9H3,(H,13,15). The first-order valence-corrected chi connectivity index (χ1v) is 27.5. The Balaban J connectivity index is 4.67. The van der Waals surface area contributed by atoms with Gasteiger partial charge in [0.2, 0.25) is 0 Å². The van der Waals surface area contributed by atoms with Crippen molar-refractivity contribution in [3.05, 3.63) is 0 Å². The van der Waals surface area contributed by atoms with Crippen molar-refractivity contribution in [3.63, 3.8) is 0 Å². The van der Waals surface area contributed by atoms with Crippen molar-refractivity contribution in [1.82, 2.24) is 8.46 Å². The van der Waals surface area contributed by atoms with E-state index in [2.05, 4.69) is 69.6 Å². The molecule has 0 aromatic carbocycles. The summed E-state index contributed by atoms with van der Waals surface area (Å²) in [6.45, 7) is 0. The third-order valence-corrected chi connectivity index (χ3v) is 24.0. The summed E-state index contributed by atoms with van der Waals surface area (Å²) in [7, 11) is 0. The Morgan fingerprint density at radius 3 is 1.38 bits per heavy atom. The van der Waals surface area contributed by atoms with Gasteiger partial charge in [-0.1, -0.05) is 0 Å². The van der Waals surface area contributed by atoms with Crippen molar-refractivity contribution < 1.29 is 0 Å². The molecule has 0 bridgehead atoms. The number of nitrogens with zero attached hydrogens (tertiary/aromatic N) is 3. The third kappa shape index (κ3) is 7.34. The van der Waals surface area contributed by atoms with Crippen LogP contribution in [0.3, 0.4) is 0 Å². The molecule has 0 heterocycles. The molecule has 0 aromatic heterocycles. The molecule has 16 heavy (non-hydrogen) atoms. The van der Waals surface area contributed by atoms with Crippen LogP contribution in [0, 0.1) is 0 Å². The summed E-state index contributed by atoms with van der Waals surface area (Å²) in [5, 5.41) is 4.25. The van der Waals surface area contributed by atoms with Gasteiger partial charge < -0.3 is 0 Å². The quantitative estimate of drug-likeness (QED) is 0.427. The predicted molar refractivity (Wildman–Crippen MR) is 79.9 cm³/mol. The summed E-state index contributed by atoms with van der Waals surface area (Å²) in [5.74, 6) is 21.1. The first kappa shape index (κ1) is 17.0. The van der Waals surface area contributed by atoms with Crippen LogP contribution < -0.4 is 5.53 Å². The summed E-state index contributed by atoms with van der Waals surface area (Å²) in [4.78, 5) is 0. The van der Waals surface area contributed by atoms with Gasteiger partial charge in [0, 0.05) is 0 Å². The van der Waals surface area contributed by atoms with Gasteiger partial charge in [0.15, 0.2) is 0 Å². The Kier molecular flexibility index (Phi) is 6.11. The van der Waals surface area contributed by atoms with Gasteiger partial charge in [-0.2, -0.15) is 0 Å². The summed E-state index contributed by atoms with van der Waals surface area (Å²) < 4.78 is 6.95. The van der Waals surface area contributed by atoms with Gasteiger partial charge in [-0.15, -0.1) is 0 Å². The first-order valence-electron chi connectivity index (χ1n) is 5.82. The summed E-state index contributed by atoms with van der Waals surface area (Å²) in [6, 6.07) is 0. The van der Waals surface area contributed by atoms with E-state index < -0.39 is 40.5 Å². The minimum absolute atomic E-state index is 1.85. The molecule has 1 N–H and O–H groups in total. The van der Waals surface area contributed by atoms with Gasteiger partial charge in [-0.05, 0) is 0 Å². The Labute approximate surface area is 109 Å². The fourth-order valence-corrected chi connectivity index (χ4v) is 29.9. The average Bonchev–Trinajstić information content (AvgIpc) is 1.90. The van der Waals surface area contributed by atoms with E-state index in [-0.39, 0.29) is 0 Å². The summed E-state index contributed by atoms with van der Waals surface area (Å²) in [5.41, 5.74) is 3.26. The molecule has 0 saturated carbocycles. The zero-order chi connectivity index (χ0) is 13.2. The molecule has 0 radical (unpaired) electrons. The predicted octanol–water partition coefficient (Wildman–Crippen LogP) is 3.66. The number of hydrazine groups is 1. The zero-order valence-electron chi connectivity index (χ0n) is 12.3. The van der Waals surface area contributed by atoms with Crippen molar-refractivity contribution in [3.8, 4) is 0 Å². The van der Waals surface area contributed by atoms with Crippen LogP contribution in [0.5, 0.6) is 0 Å². The zero-order valence-corrected chi connectivity index (χ0v) is 18.6. The second kappa shape index (κ2) is 5.75. The fourth-order valence-electron chi connectivity index (χ4n) is 1.52. The molecule has 0 unspecified atom stereocenters. The van der Waals surface area contributed by atoms with Crippen LogP contribution in [0.15, 0.2) is 9.29 Å². The Morgan fingerprint density at radius 2 is 1.12 bits per heavy atom. The molecule has 0 rings (SSSR count). The molecule has 0 amide bonds. The van der Waals surface area contributed by atoms with Crippen LogP contribution in [-0.4, -0.2) is 43.4 Å². The Bertz CT molecular complexity index is 233. The normalized spacial score (nSPS) is 14.9. The molecule has 0 aliphatic carbocycles. The summed E-state index contributed by atoms with van der Waals surface area (Å²) >= 11 is -5.60. The van der Waals surface area contributed by atoms with Crippen LogP contribution in [0.2, 0.25) is 51.8 Å². The van der Waals surface area contributed by atoms with Crippen LogP contribution in [0.25, 0.3) is 0 Å². The molecule has 0 saturated heterocycles. The molecule has 96 valence electrons. The molecule has 0 atom stereocenters. The number of hydrogen-bond acceptors (Lipinski definition) is 3. The maximum atomic E-state index is 4.44. The van der Waals surface area contributed by atoms with Gasteiger partial charge in [-0.25, -0.2) is 0 Å². The molecule has 0 fully saturated rings. The molecular weight excluding hydrogens is 382 g/mol. The van der Waals surface area contributed by atoms with Gasteiger partial charge >= 0.3 is 110 Å². The van der Waals surface area contributed by atoms with Crippen molar-refractivity contribution in [2.75, 3.05) is 0 Å². The maximum absolute atomic E-state index is 4.44. The Morgan fingerprint density at radius 1 is 0.750 bits per heavy atom. The van der Waals surface area contributed by atoms with Crippen molar-refractivity contribution in [2.24, 2.45) is 9.29 Å². The van der Waals surface area contributed by atoms with Crippen LogP contribution in [-0.2, 0) is 0 Å². The first-order chi connectivity index (χ1) is 6.84. The van der Waals surface area contributed by atoms with Gasteiger partial charge in [0.25, 0.3) is 0 Å². The molecule has 0 aliphatic rings. The average molecular weight is 410 g/mol. The SMILES string of the molecule is [CH3][Ge]([CH3])([CH3])[N]=NN[N]([Ge]([CH3])([CH3])[CH3])[Ge]([CH3])([CH3])[CH3]. The number of hydrogen-bond donors (Lipinski definition) is 1. The second-order valence-corrected chi connectivity index (χ2v) is 38.7. The van der Waals surface area contributed by atoms with E-state index in [0.29, 0.717) is 0 Å². The van der Waals surface area contributed by atoms with Crippen LogP contribution in [0.4, 0.5) is 0 Å². The Hall–Kier alpha value is 0.989. The van der Waals surface area contributed by atoms with Crippen molar-refractivity contribution >= 4 is 40.5 Å². The van der Waals surface area contributed by atoms with Crippen molar-refractivity contribution in [1.29, 1.82) is 0 Å². The minimum atomic E-state index is -1.90. The van der Waals surface area contributed by atoms with E-state index in [1.165, 1.54) is 0 Å². The monoisotopic (exact) mass is 414 g/mol. The van der Waals surface area contributed by atoms with E-state index >= 15 is 0 Å². The molecular formula is C9H28Ge3N4. The van der Waals surface area contributed by atoms with Crippen LogP contribution >= 0.6 is 0 Å². The second-order valence-electron chi connectivity index (χ2n) is 7.15.